The molecular weight excluding hydrogens is 333 g/mol. The second-order valence-corrected chi connectivity index (χ2v) is 6.42. The number of hydrogen-bond donors (Lipinski definition) is 0. The first-order valence-corrected chi connectivity index (χ1v) is 8.22. The summed E-state index contributed by atoms with van der Waals surface area (Å²) >= 11 is 0. The van der Waals surface area contributed by atoms with Gasteiger partial charge >= 0.3 is 6.18 Å². The van der Waals surface area contributed by atoms with E-state index in [0.29, 0.717) is 30.2 Å². The van der Waals surface area contributed by atoms with Crippen LogP contribution < -0.4 is 0 Å². The Morgan fingerprint density at radius 3 is 2.76 bits per heavy atom. The van der Waals surface area contributed by atoms with Crippen molar-refractivity contribution in [2.24, 2.45) is 0 Å². The average Bonchev–Trinajstić information content (AvgIpc) is 3.00. The van der Waals surface area contributed by atoms with Crippen molar-refractivity contribution < 1.29 is 17.7 Å². The molecule has 1 atom stereocenters. The molecule has 1 aromatic carbocycles. The lowest BCUT2D eigenvalue weighted by Crippen LogP contribution is -2.47. The lowest BCUT2D eigenvalue weighted by atomic mass is 10.1. The van der Waals surface area contributed by atoms with Crippen LogP contribution >= 0.6 is 0 Å². The summed E-state index contributed by atoms with van der Waals surface area (Å²) in [5.41, 5.74) is 0.0986. The van der Waals surface area contributed by atoms with Crippen molar-refractivity contribution in [3.05, 3.63) is 47.1 Å². The third kappa shape index (κ3) is 4.38. The Morgan fingerprint density at radius 1 is 1.28 bits per heavy atom. The third-order valence-corrected chi connectivity index (χ3v) is 4.53. The second-order valence-electron chi connectivity index (χ2n) is 6.42. The molecule has 1 aliphatic rings. The smallest absolute Gasteiger partial charge is 0.338 e. The van der Waals surface area contributed by atoms with Crippen molar-refractivity contribution in [2.45, 2.75) is 25.6 Å². The van der Waals surface area contributed by atoms with Gasteiger partial charge in [-0.05, 0) is 32.0 Å². The number of benzene rings is 1. The van der Waals surface area contributed by atoms with Gasteiger partial charge in [0.2, 0.25) is 5.89 Å². The van der Waals surface area contributed by atoms with Gasteiger partial charge in [-0.25, -0.2) is 0 Å². The summed E-state index contributed by atoms with van der Waals surface area (Å²) in [5.74, 6) is 1.19. The molecule has 1 unspecified atom stereocenters. The number of nitrogens with zero attached hydrogens (tertiary/aromatic N) is 4. The van der Waals surface area contributed by atoms with E-state index in [4.69, 9.17) is 4.52 Å². The van der Waals surface area contributed by atoms with Crippen LogP contribution in [0.5, 0.6) is 0 Å². The molecule has 25 heavy (non-hydrogen) atoms. The molecule has 1 aromatic heterocycles. The van der Waals surface area contributed by atoms with E-state index in [1.54, 1.807) is 13.0 Å². The monoisotopic (exact) mass is 354 g/mol. The van der Waals surface area contributed by atoms with Crippen LogP contribution in [0.15, 0.2) is 28.8 Å². The van der Waals surface area contributed by atoms with Gasteiger partial charge in [0.25, 0.3) is 0 Å². The van der Waals surface area contributed by atoms with E-state index in [1.807, 2.05) is 7.05 Å². The van der Waals surface area contributed by atoms with Gasteiger partial charge in [-0.2, -0.15) is 18.2 Å². The highest BCUT2D eigenvalue weighted by atomic mass is 19.4. The first-order chi connectivity index (χ1) is 11.8. The minimum absolute atomic E-state index is 0.0106. The Kier molecular flexibility index (Phi) is 5.10. The molecular formula is C17H21F3N4O. The van der Waals surface area contributed by atoms with Crippen LogP contribution in [-0.2, 0) is 12.6 Å². The van der Waals surface area contributed by atoms with E-state index >= 15 is 0 Å². The fourth-order valence-corrected chi connectivity index (χ4v) is 3.04. The zero-order chi connectivity index (χ0) is 18.0. The van der Waals surface area contributed by atoms with E-state index < -0.39 is 11.7 Å². The van der Waals surface area contributed by atoms with Crippen molar-refractivity contribution >= 4 is 0 Å². The summed E-state index contributed by atoms with van der Waals surface area (Å²) in [6.07, 6.45) is -3.73. The fraction of sp³-hybridized carbons (Fsp3) is 0.529. The number of aromatic nitrogens is 2. The normalized spacial score (nSPS) is 20.1. The number of piperazine rings is 1. The molecule has 1 saturated heterocycles. The maximum absolute atomic E-state index is 12.8. The van der Waals surface area contributed by atoms with Gasteiger partial charge in [-0.15, -0.1) is 0 Å². The Hall–Kier alpha value is -1.93. The summed E-state index contributed by atoms with van der Waals surface area (Å²) in [5, 5.41) is 3.84. The van der Waals surface area contributed by atoms with Gasteiger partial charge in [-0.1, -0.05) is 23.4 Å². The summed E-state index contributed by atoms with van der Waals surface area (Å²) in [4.78, 5) is 8.69. The molecule has 0 spiro atoms. The number of hydrogen-bond acceptors (Lipinski definition) is 5. The van der Waals surface area contributed by atoms with Crippen LogP contribution in [0.2, 0.25) is 0 Å². The van der Waals surface area contributed by atoms with Gasteiger partial charge in [0.15, 0.2) is 5.82 Å². The zero-order valence-electron chi connectivity index (χ0n) is 14.3. The van der Waals surface area contributed by atoms with Crippen molar-refractivity contribution in [3.8, 4) is 0 Å². The molecule has 2 aromatic rings. The lowest BCUT2D eigenvalue weighted by molar-refractivity contribution is -0.137. The maximum Gasteiger partial charge on any atom is 0.416 e. The molecule has 0 amide bonds. The minimum Gasteiger partial charge on any atom is -0.338 e. The highest BCUT2D eigenvalue weighted by Gasteiger charge is 2.31. The maximum atomic E-state index is 12.8. The molecule has 5 nitrogen and oxygen atoms in total. The quantitative estimate of drug-likeness (QED) is 0.845. The van der Waals surface area contributed by atoms with E-state index in [2.05, 4.69) is 19.9 Å². The molecule has 3 rings (SSSR count). The van der Waals surface area contributed by atoms with Crippen LogP contribution in [0, 0.1) is 6.92 Å². The number of alkyl halides is 3. The van der Waals surface area contributed by atoms with Gasteiger partial charge in [0, 0.05) is 26.2 Å². The van der Waals surface area contributed by atoms with Crippen LogP contribution in [0.3, 0.4) is 0 Å². The standard InChI is InChI=1S/C17H21F3N4O/c1-12-21-16(25-22-12)15-11-24(9-8-23(15)2)7-6-13-4-3-5-14(10-13)17(18,19)20/h3-5,10,15H,6-9,11H2,1-2H3. The van der Waals surface area contributed by atoms with E-state index in [0.717, 1.165) is 25.7 Å². The fourth-order valence-electron chi connectivity index (χ4n) is 3.04. The predicted octanol–water partition coefficient (Wildman–Crippen LogP) is 2.93. The summed E-state index contributed by atoms with van der Waals surface area (Å²) < 4.78 is 43.7. The molecule has 8 heteroatoms. The van der Waals surface area contributed by atoms with Gasteiger partial charge in [-0.3, -0.25) is 9.80 Å². The highest BCUT2D eigenvalue weighted by molar-refractivity contribution is 5.25. The number of aryl methyl sites for hydroxylation is 1. The predicted molar refractivity (Wildman–Crippen MR) is 86.0 cm³/mol. The molecule has 0 radical (unpaired) electrons. The Labute approximate surface area is 144 Å². The first kappa shape index (κ1) is 17.9. The molecule has 0 bridgehead atoms. The molecule has 0 N–H and O–H groups in total. The van der Waals surface area contributed by atoms with E-state index in [-0.39, 0.29) is 6.04 Å². The van der Waals surface area contributed by atoms with E-state index in [9.17, 15) is 13.2 Å². The number of rotatable bonds is 4. The summed E-state index contributed by atoms with van der Waals surface area (Å²) in [7, 11) is 2.01. The van der Waals surface area contributed by atoms with Gasteiger partial charge < -0.3 is 4.52 Å². The lowest BCUT2D eigenvalue weighted by Gasteiger charge is -2.37. The summed E-state index contributed by atoms with van der Waals surface area (Å²) in [6, 6.07) is 5.55. The van der Waals surface area contributed by atoms with E-state index in [1.165, 1.54) is 12.1 Å². The Bertz CT molecular complexity index is 716. The summed E-state index contributed by atoms with van der Waals surface area (Å²) in [6.45, 7) is 4.89. The molecule has 136 valence electrons. The molecule has 2 heterocycles. The van der Waals surface area contributed by atoms with Crippen molar-refractivity contribution in [3.63, 3.8) is 0 Å². The van der Waals surface area contributed by atoms with Crippen LogP contribution in [0.25, 0.3) is 0 Å². The third-order valence-electron chi connectivity index (χ3n) is 4.53. The molecule has 0 saturated carbocycles. The zero-order valence-corrected chi connectivity index (χ0v) is 14.3. The minimum atomic E-state index is -4.30. The molecule has 1 fully saturated rings. The van der Waals surface area contributed by atoms with Crippen LogP contribution in [-0.4, -0.2) is 53.2 Å². The van der Waals surface area contributed by atoms with Crippen LogP contribution in [0.1, 0.15) is 28.9 Å². The Balaban J connectivity index is 1.62. The molecule has 0 aliphatic carbocycles. The van der Waals surface area contributed by atoms with Crippen LogP contribution in [0.4, 0.5) is 13.2 Å². The van der Waals surface area contributed by atoms with Crippen molar-refractivity contribution in [1.29, 1.82) is 0 Å². The number of halogens is 3. The Morgan fingerprint density at radius 2 is 2.08 bits per heavy atom. The van der Waals surface area contributed by atoms with Crippen molar-refractivity contribution in [1.82, 2.24) is 19.9 Å². The van der Waals surface area contributed by atoms with Gasteiger partial charge in [0.1, 0.15) is 6.04 Å². The van der Waals surface area contributed by atoms with Gasteiger partial charge in [0.05, 0.1) is 5.56 Å². The SMILES string of the molecule is Cc1noc(C2CN(CCc3cccc(C(F)(F)F)c3)CCN2C)n1. The average molecular weight is 354 g/mol. The highest BCUT2D eigenvalue weighted by Crippen LogP contribution is 2.30. The first-order valence-electron chi connectivity index (χ1n) is 8.22. The van der Waals surface area contributed by atoms with Crippen molar-refractivity contribution in [2.75, 3.05) is 33.2 Å². The second kappa shape index (κ2) is 7.13. The topological polar surface area (TPSA) is 45.4 Å². The number of likely N-dealkylation sites (N-methyl/N-ethyl adjacent to an activating group) is 1. The largest absolute Gasteiger partial charge is 0.416 e. The molecule has 1 aliphatic heterocycles.